The fraction of sp³-hybridized carbons (Fsp3) is 0.308. The molecular formula is C13H14N4OS2. The topological polar surface area (TPSA) is 80.4 Å². The number of primary amides is 1. The number of rotatable bonds is 4. The van der Waals surface area contributed by atoms with E-state index >= 15 is 0 Å². The highest BCUT2D eigenvalue weighted by molar-refractivity contribution is 8.15. The molecule has 1 aliphatic heterocycles. The van der Waals surface area contributed by atoms with Crippen LogP contribution < -0.4 is 11.1 Å². The lowest BCUT2D eigenvalue weighted by Crippen LogP contribution is -2.26. The van der Waals surface area contributed by atoms with Crippen molar-refractivity contribution in [2.45, 2.75) is 13.0 Å². The second-order valence-electron chi connectivity index (χ2n) is 4.40. The van der Waals surface area contributed by atoms with Crippen LogP contribution in [-0.4, -0.2) is 34.3 Å². The molecule has 0 radical (unpaired) electrons. The van der Waals surface area contributed by atoms with E-state index in [9.17, 15) is 4.79 Å². The number of fused-ring (bicyclic) bond motifs is 1. The number of thioether (sulfide) groups is 1. The highest BCUT2D eigenvalue weighted by atomic mass is 32.2. The van der Waals surface area contributed by atoms with Crippen molar-refractivity contribution >= 4 is 50.0 Å². The first-order valence-corrected chi connectivity index (χ1v) is 8.12. The fourth-order valence-electron chi connectivity index (χ4n) is 1.97. The van der Waals surface area contributed by atoms with Gasteiger partial charge in [0, 0.05) is 18.0 Å². The lowest BCUT2D eigenvalue weighted by atomic mass is 10.3. The SMILES string of the molecule is CCNc1ccc2nc(C3=NC(C(N)=O)CS3)sc2c1. The Kier molecular flexibility index (Phi) is 3.62. The molecule has 2 heterocycles. The van der Waals surface area contributed by atoms with Crippen LogP contribution in [0.15, 0.2) is 23.2 Å². The molecule has 0 bridgehead atoms. The Labute approximate surface area is 124 Å². The lowest BCUT2D eigenvalue weighted by molar-refractivity contribution is -0.118. The molecule has 2 aromatic rings. The summed E-state index contributed by atoms with van der Waals surface area (Å²) in [5.41, 5.74) is 7.33. The second-order valence-corrected chi connectivity index (χ2v) is 6.43. The Morgan fingerprint density at radius 3 is 3.10 bits per heavy atom. The van der Waals surface area contributed by atoms with Crippen molar-refractivity contribution in [2.75, 3.05) is 17.6 Å². The number of carbonyl (C=O) groups excluding carboxylic acids is 1. The van der Waals surface area contributed by atoms with Crippen LogP contribution >= 0.6 is 23.1 Å². The number of carbonyl (C=O) groups is 1. The van der Waals surface area contributed by atoms with Crippen LogP contribution in [0.2, 0.25) is 0 Å². The average molecular weight is 306 g/mol. The molecule has 7 heteroatoms. The van der Waals surface area contributed by atoms with E-state index in [-0.39, 0.29) is 5.91 Å². The molecule has 1 aliphatic rings. The number of aliphatic imine (C=N–C) groups is 1. The van der Waals surface area contributed by atoms with Gasteiger partial charge in [-0.25, -0.2) is 4.98 Å². The number of amides is 1. The zero-order valence-corrected chi connectivity index (χ0v) is 12.6. The van der Waals surface area contributed by atoms with Crippen LogP contribution in [0.25, 0.3) is 10.2 Å². The van der Waals surface area contributed by atoms with Gasteiger partial charge in [-0.1, -0.05) is 0 Å². The van der Waals surface area contributed by atoms with Crippen molar-refractivity contribution in [2.24, 2.45) is 10.7 Å². The summed E-state index contributed by atoms with van der Waals surface area (Å²) in [7, 11) is 0. The van der Waals surface area contributed by atoms with E-state index in [2.05, 4.69) is 28.3 Å². The van der Waals surface area contributed by atoms with Gasteiger partial charge >= 0.3 is 0 Å². The number of thiazole rings is 1. The van der Waals surface area contributed by atoms with Crippen LogP contribution in [-0.2, 0) is 4.79 Å². The molecular weight excluding hydrogens is 292 g/mol. The molecule has 3 rings (SSSR count). The summed E-state index contributed by atoms with van der Waals surface area (Å²) in [5, 5.41) is 4.97. The maximum atomic E-state index is 11.1. The molecule has 0 saturated carbocycles. The van der Waals surface area contributed by atoms with Crippen molar-refractivity contribution in [1.82, 2.24) is 4.98 Å². The zero-order chi connectivity index (χ0) is 14.1. The molecule has 5 nitrogen and oxygen atoms in total. The molecule has 1 aromatic carbocycles. The van der Waals surface area contributed by atoms with Gasteiger partial charge in [0.25, 0.3) is 0 Å². The number of hydrogen-bond donors (Lipinski definition) is 2. The Bertz CT molecular complexity index is 695. The van der Waals surface area contributed by atoms with Crippen molar-refractivity contribution in [1.29, 1.82) is 0 Å². The van der Waals surface area contributed by atoms with E-state index < -0.39 is 6.04 Å². The summed E-state index contributed by atoms with van der Waals surface area (Å²) in [6.45, 7) is 2.95. The fourth-order valence-corrected chi connectivity index (χ4v) is 4.09. The van der Waals surface area contributed by atoms with E-state index in [1.165, 1.54) is 0 Å². The van der Waals surface area contributed by atoms with E-state index in [4.69, 9.17) is 5.73 Å². The minimum Gasteiger partial charge on any atom is -0.385 e. The number of aromatic nitrogens is 1. The largest absolute Gasteiger partial charge is 0.385 e. The zero-order valence-electron chi connectivity index (χ0n) is 10.9. The minimum absolute atomic E-state index is 0.372. The summed E-state index contributed by atoms with van der Waals surface area (Å²) >= 11 is 3.14. The van der Waals surface area contributed by atoms with Crippen LogP contribution in [0.1, 0.15) is 11.9 Å². The third-order valence-corrected chi connectivity index (χ3v) is 5.14. The summed E-state index contributed by atoms with van der Waals surface area (Å²) < 4.78 is 1.12. The second kappa shape index (κ2) is 5.41. The molecule has 1 atom stereocenters. The van der Waals surface area contributed by atoms with Gasteiger partial charge in [-0.05, 0) is 25.1 Å². The van der Waals surface area contributed by atoms with Gasteiger partial charge < -0.3 is 11.1 Å². The van der Waals surface area contributed by atoms with Gasteiger partial charge in [0.1, 0.15) is 16.1 Å². The minimum atomic E-state index is -0.417. The summed E-state index contributed by atoms with van der Waals surface area (Å²) in [4.78, 5) is 20.1. The third kappa shape index (κ3) is 2.51. The van der Waals surface area contributed by atoms with Crippen molar-refractivity contribution in [3.63, 3.8) is 0 Å². The highest BCUT2D eigenvalue weighted by Crippen LogP contribution is 2.30. The number of anilines is 1. The van der Waals surface area contributed by atoms with Gasteiger partial charge in [-0.3, -0.25) is 9.79 Å². The van der Waals surface area contributed by atoms with Gasteiger partial charge in [-0.2, -0.15) is 0 Å². The molecule has 0 fully saturated rings. The number of hydrogen-bond acceptors (Lipinski definition) is 6. The molecule has 20 heavy (non-hydrogen) atoms. The predicted octanol–water partition coefficient (Wildman–Crippen LogP) is 2.08. The summed E-state index contributed by atoms with van der Waals surface area (Å²) in [6, 6.07) is 5.69. The number of benzene rings is 1. The molecule has 0 aliphatic carbocycles. The standard InChI is InChI=1S/C13H14N4OS2/c1-2-15-7-3-4-8-10(5-7)20-13(16-8)12-17-9(6-19-12)11(14)18/h3-5,9,15H,2,6H2,1H3,(H2,14,18). The van der Waals surface area contributed by atoms with Crippen LogP contribution in [0, 0.1) is 0 Å². The Morgan fingerprint density at radius 1 is 1.55 bits per heavy atom. The van der Waals surface area contributed by atoms with Gasteiger partial charge in [0.2, 0.25) is 5.91 Å². The molecule has 1 unspecified atom stereocenters. The maximum Gasteiger partial charge on any atom is 0.243 e. The first-order valence-electron chi connectivity index (χ1n) is 6.32. The Balaban J connectivity index is 1.93. The summed E-state index contributed by atoms with van der Waals surface area (Å²) in [5.74, 6) is 0.242. The van der Waals surface area contributed by atoms with Crippen molar-refractivity contribution < 1.29 is 4.79 Å². The Hall–Kier alpha value is -1.60. The quantitative estimate of drug-likeness (QED) is 0.906. The van der Waals surface area contributed by atoms with E-state index in [0.29, 0.717) is 5.75 Å². The van der Waals surface area contributed by atoms with Gasteiger partial charge in [0.05, 0.1) is 10.2 Å². The third-order valence-electron chi connectivity index (χ3n) is 2.93. The van der Waals surface area contributed by atoms with E-state index in [1.807, 2.05) is 12.1 Å². The number of nitrogens with two attached hydrogens (primary N) is 1. The van der Waals surface area contributed by atoms with Gasteiger partial charge in [0.15, 0.2) is 0 Å². The normalized spacial score (nSPS) is 18.2. The average Bonchev–Trinajstić information content (AvgIpc) is 3.05. The predicted molar refractivity (Wildman–Crippen MR) is 85.8 cm³/mol. The van der Waals surface area contributed by atoms with E-state index in [1.54, 1.807) is 23.1 Å². The molecule has 3 N–H and O–H groups in total. The Morgan fingerprint density at radius 2 is 2.40 bits per heavy atom. The molecule has 0 spiro atoms. The molecule has 1 aromatic heterocycles. The monoisotopic (exact) mass is 306 g/mol. The number of nitrogens with one attached hydrogen (secondary N) is 1. The lowest BCUT2D eigenvalue weighted by Gasteiger charge is -2.00. The smallest absolute Gasteiger partial charge is 0.243 e. The first-order chi connectivity index (χ1) is 9.67. The van der Waals surface area contributed by atoms with Crippen LogP contribution in [0.3, 0.4) is 0 Å². The highest BCUT2D eigenvalue weighted by Gasteiger charge is 2.25. The van der Waals surface area contributed by atoms with E-state index in [0.717, 1.165) is 32.5 Å². The summed E-state index contributed by atoms with van der Waals surface area (Å²) in [6.07, 6.45) is 0. The number of nitrogens with zero attached hydrogens (tertiary/aromatic N) is 2. The van der Waals surface area contributed by atoms with Gasteiger partial charge in [-0.15, -0.1) is 23.1 Å². The van der Waals surface area contributed by atoms with Crippen LogP contribution in [0.4, 0.5) is 5.69 Å². The molecule has 1 amide bonds. The van der Waals surface area contributed by atoms with Crippen molar-refractivity contribution in [3.8, 4) is 0 Å². The van der Waals surface area contributed by atoms with Crippen molar-refractivity contribution in [3.05, 3.63) is 23.2 Å². The molecule has 0 saturated heterocycles. The maximum absolute atomic E-state index is 11.1. The van der Waals surface area contributed by atoms with Crippen LogP contribution in [0.5, 0.6) is 0 Å². The first kappa shape index (κ1) is 13.4. The molecule has 104 valence electrons.